The molecule has 3 N–H and O–H groups in total. The molecule has 4 rings (SSSR count). The van der Waals surface area contributed by atoms with Crippen LogP contribution in [0, 0.1) is 0 Å². The van der Waals surface area contributed by atoms with Gasteiger partial charge in [0, 0.05) is 16.1 Å². The van der Waals surface area contributed by atoms with Gasteiger partial charge in [-0.3, -0.25) is 4.98 Å². The number of aromatic carboxylic acids is 1. The number of benzene rings is 2. The first-order valence-electron chi connectivity index (χ1n) is 7.67. The van der Waals surface area contributed by atoms with E-state index in [0.717, 1.165) is 15.4 Å². The number of fused-ring (bicyclic) bond motifs is 1. The van der Waals surface area contributed by atoms with Crippen LogP contribution in [0.1, 0.15) is 10.4 Å². The van der Waals surface area contributed by atoms with Crippen LogP contribution in [-0.4, -0.2) is 31.2 Å². The van der Waals surface area contributed by atoms with Gasteiger partial charge in [-0.2, -0.15) is 0 Å². The van der Waals surface area contributed by atoms with E-state index in [1.165, 1.54) is 6.33 Å². The molecule has 0 aliphatic heterocycles. The van der Waals surface area contributed by atoms with Crippen LogP contribution in [0.3, 0.4) is 0 Å². The second-order valence-corrected chi connectivity index (χ2v) is 6.44. The zero-order chi connectivity index (χ0) is 18.1. The number of aromatic nitrogens is 4. The zero-order valence-corrected chi connectivity index (χ0v) is 14.9. The number of carbonyl (C=O) groups is 1. The Morgan fingerprint density at radius 2 is 2.04 bits per heavy atom. The standard InChI is InChI=1S/C18H12BrN5O2/c19-10-5-6-14-12(7-10)16(13(8-20-14)17-21-9-22-24-17)23-15-4-2-1-3-11(15)18(25)26/h1-9H,(H,20,23)(H,25,26)(H,21,22,24). The van der Waals surface area contributed by atoms with E-state index in [9.17, 15) is 9.90 Å². The normalized spacial score (nSPS) is 10.8. The van der Waals surface area contributed by atoms with E-state index in [1.54, 1.807) is 30.5 Å². The quantitative estimate of drug-likeness (QED) is 0.465. The molecule has 0 amide bonds. The van der Waals surface area contributed by atoms with Gasteiger partial charge in [-0.15, -0.1) is 10.2 Å². The lowest BCUT2D eigenvalue weighted by Crippen LogP contribution is -2.04. The third-order valence-corrected chi connectivity index (χ3v) is 4.41. The average molecular weight is 410 g/mol. The molecule has 0 radical (unpaired) electrons. The van der Waals surface area contributed by atoms with Crippen molar-refractivity contribution in [2.45, 2.75) is 0 Å². The summed E-state index contributed by atoms with van der Waals surface area (Å²) in [4.78, 5) is 19.0. The molecule has 2 aromatic carbocycles. The summed E-state index contributed by atoms with van der Waals surface area (Å²) >= 11 is 3.48. The Bertz CT molecular complexity index is 1110. The highest BCUT2D eigenvalue weighted by Gasteiger charge is 2.16. The molecular weight excluding hydrogens is 398 g/mol. The molecule has 0 aliphatic carbocycles. The number of hydrogen-bond acceptors (Lipinski definition) is 5. The van der Waals surface area contributed by atoms with E-state index in [0.29, 0.717) is 22.8 Å². The van der Waals surface area contributed by atoms with Crippen molar-refractivity contribution in [2.24, 2.45) is 0 Å². The number of aromatic amines is 1. The molecule has 2 aromatic heterocycles. The van der Waals surface area contributed by atoms with Crippen molar-refractivity contribution in [3.8, 4) is 11.4 Å². The highest BCUT2D eigenvalue weighted by molar-refractivity contribution is 9.10. The maximum absolute atomic E-state index is 11.6. The summed E-state index contributed by atoms with van der Waals surface area (Å²) in [5, 5.41) is 21.4. The molecule has 0 aliphatic rings. The van der Waals surface area contributed by atoms with Crippen LogP contribution in [0.2, 0.25) is 0 Å². The third-order valence-electron chi connectivity index (χ3n) is 3.92. The van der Waals surface area contributed by atoms with Gasteiger partial charge in [0.1, 0.15) is 6.33 Å². The van der Waals surface area contributed by atoms with Crippen molar-refractivity contribution >= 4 is 44.2 Å². The van der Waals surface area contributed by atoms with E-state index < -0.39 is 5.97 Å². The monoisotopic (exact) mass is 409 g/mol. The zero-order valence-electron chi connectivity index (χ0n) is 13.3. The second kappa shape index (κ2) is 6.57. The summed E-state index contributed by atoms with van der Waals surface area (Å²) in [6, 6.07) is 12.5. The Hall–Kier alpha value is -3.26. The number of H-pyrrole nitrogens is 1. The van der Waals surface area contributed by atoms with E-state index in [-0.39, 0.29) is 5.56 Å². The summed E-state index contributed by atoms with van der Waals surface area (Å²) in [5.74, 6) is -0.469. The summed E-state index contributed by atoms with van der Waals surface area (Å²) in [5.41, 5.74) is 2.81. The first kappa shape index (κ1) is 16.2. The number of nitrogens with zero attached hydrogens (tertiary/aromatic N) is 3. The predicted octanol–water partition coefficient (Wildman–Crippen LogP) is 4.22. The van der Waals surface area contributed by atoms with E-state index in [4.69, 9.17) is 0 Å². The Morgan fingerprint density at radius 3 is 2.81 bits per heavy atom. The molecule has 0 saturated carbocycles. The number of carboxylic acids is 1. The van der Waals surface area contributed by atoms with E-state index >= 15 is 0 Å². The SMILES string of the molecule is O=C(O)c1ccccc1Nc1c(-c2nnc[nH]2)cnc2ccc(Br)cc12. The van der Waals surface area contributed by atoms with Crippen molar-refractivity contribution in [1.29, 1.82) is 0 Å². The van der Waals surface area contributed by atoms with Gasteiger partial charge in [0.05, 0.1) is 28.0 Å². The lowest BCUT2D eigenvalue weighted by molar-refractivity contribution is 0.0698. The summed E-state index contributed by atoms with van der Waals surface area (Å²) < 4.78 is 0.885. The minimum atomic E-state index is -1.01. The van der Waals surface area contributed by atoms with Gasteiger partial charge in [-0.1, -0.05) is 28.1 Å². The van der Waals surface area contributed by atoms with Crippen molar-refractivity contribution in [3.05, 3.63) is 65.0 Å². The van der Waals surface area contributed by atoms with Gasteiger partial charge >= 0.3 is 5.97 Å². The molecule has 2 heterocycles. The van der Waals surface area contributed by atoms with E-state index in [2.05, 4.69) is 41.4 Å². The van der Waals surface area contributed by atoms with Crippen LogP contribution >= 0.6 is 15.9 Å². The second-order valence-electron chi connectivity index (χ2n) is 5.52. The fourth-order valence-corrected chi connectivity index (χ4v) is 3.09. The molecule has 8 heteroatoms. The van der Waals surface area contributed by atoms with E-state index in [1.807, 2.05) is 18.2 Å². The fraction of sp³-hybridized carbons (Fsp3) is 0. The van der Waals surface area contributed by atoms with Crippen LogP contribution in [-0.2, 0) is 0 Å². The largest absolute Gasteiger partial charge is 0.478 e. The minimum absolute atomic E-state index is 0.177. The number of pyridine rings is 1. The van der Waals surface area contributed by atoms with Crippen LogP contribution in [0.15, 0.2) is 59.5 Å². The van der Waals surface area contributed by atoms with Crippen LogP contribution < -0.4 is 5.32 Å². The van der Waals surface area contributed by atoms with Crippen LogP contribution in [0.4, 0.5) is 11.4 Å². The molecule has 0 atom stereocenters. The highest BCUT2D eigenvalue weighted by Crippen LogP contribution is 2.36. The molecule has 0 unspecified atom stereocenters. The van der Waals surface area contributed by atoms with Gasteiger partial charge < -0.3 is 15.4 Å². The number of rotatable bonds is 4. The lowest BCUT2D eigenvalue weighted by atomic mass is 10.1. The Labute approximate surface area is 156 Å². The lowest BCUT2D eigenvalue weighted by Gasteiger charge is -2.15. The smallest absolute Gasteiger partial charge is 0.337 e. The number of nitrogens with one attached hydrogen (secondary N) is 2. The molecule has 4 aromatic rings. The first-order chi connectivity index (χ1) is 12.6. The van der Waals surface area contributed by atoms with Crippen molar-refractivity contribution < 1.29 is 9.90 Å². The van der Waals surface area contributed by atoms with Gasteiger partial charge in [-0.25, -0.2) is 4.79 Å². The summed E-state index contributed by atoms with van der Waals surface area (Å²) in [7, 11) is 0. The van der Waals surface area contributed by atoms with Crippen molar-refractivity contribution in [1.82, 2.24) is 20.2 Å². The third kappa shape index (κ3) is 2.91. The van der Waals surface area contributed by atoms with Crippen molar-refractivity contribution in [3.63, 3.8) is 0 Å². The van der Waals surface area contributed by atoms with Gasteiger partial charge in [-0.05, 0) is 30.3 Å². The first-order valence-corrected chi connectivity index (χ1v) is 8.47. The molecular formula is C18H12BrN5O2. The minimum Gasteiger partial charge on any atom is -0.478 e. The average Bonchev–Trinajstić information content (AvgIpc) is 3.17. The Morgan fingerprint density at radius 1 is 1.19 bits per heavy atom. The fourth-order valence-electron chi connectivity index (χ4n) is 2.73. The number of para-hydroxylation sites is 1. The van der Waals surface area contributed by atoms with Crippen LogP contribution in [0.25, 0.3) is 22.3 Å². The molecule has 0 bridgehead atoms. The van der Waals surface area contributed by atoms with Gasteiger partial charge in [0.15, 0.2) is 5.82 Å². The molecule has 0 spiro atoms. The summed E-state index contributed by atoms with van der Waals surface area (Å²) in [6.45, 7) is 0. The summed E-state index contributed by atoms with van der Waals surface area (Å²) in [6.07, 6.45) is 3.16. The Kier molecular flexibility index (Phi) is 4.10. The number of carboxylic acid groups (broad SMARTS) is 1. The van der Waals surface area contributed by atoms with Crippen LogP contribution in [0.5, 0.6) is 0 Å². The highest BCUT2D eigenvalue weighted by atomic mass is 79.9. The number of anilines is 2. The number of hydrogen-bond donors (Lipinski definition) is 3. The Balaban J connectivity index is 1.96. The van der Waals surface area contributed by atoms with Gasteiger partial charge in [0.25, 0.3) is 0 Å². The molecule has 0 saturated heterocycles. The van der Waals surface area contributed by atoms with Gasteiger partial charge in [0.2, 0.25) is 0 Å². The maximum atomic E-state index is 11.6. The predicted molar refractivity (Wildman–Crippen MR) is 102 cm³/mol. The number of halogens is 1. The molecule has 128 valence electrons. The molecule has 0 fully saturated rings. The molecule has 26 heavy (non-hydrogen) atoms. The maximum Gasteiger partial charge on any atom is 0.337 e. The topological polar surface area (TPSA) is 104 Å². The van der Waals surface area contributed by atoms with Crippen molar-refractivity contribution in [2.75, 3.05) is 5.32 Å². The molecule has 7 nitrogen and oxygen atoms in total.